The number of amides is 1. The lowest BCUT2D eigenvalue weighted by atomic mass is 10.1. The average Bonchev–Trinajstić information content (AvgIpc) is 2.40. The summed E-state index contributed by atoms with van der Waals surface area (Å²) in [4.78, 5) is 11.7. The molecule has 0 saturated carbocycles. The summed E-state index contributed by atoms with van der Waals surface area (Å²) in [5, 5.41) is 2.99. The molecule has 106 valence electrons. The minimum atomic E-state index is 0.0149. The van der Waals surface area contributed by atoms with Crippen LogP contribution >= 0.6 is 0 Å². The van der Waals surface area contributed by atoms with Gasteiger partial charge in [-0.25, -0.2) is 0 Å². The zero-order valence-electron chi connectivity index (χ0n) is 11.8. The van der Waals surface area contributed by atoms with Crippen LogP contribution in [-0.4, -0.2) is 19.1 Å². The van der Waals surface area contributed by atoms with Crippen LogP contribution in [0.2, 0.25) is 0 Å². The number of hydrogen-bond acceptors (Lipinski definition) is 3. The molecule has 0 bridgehead atoms. The molecule has 1 unspecified atom stereocenters. The van der Waals surface area contributed by atoms with E-state index in [1.165, 1.54) is 0 Å². The van der Waals surface area contributed by atoms with Gasteiger partial charge in [-0.3, -0.25) is 4.79 Å². The van der Waals surface area contributed by atoms with E-state index in [-0.39, 0.29) is 11.9 Å². The third-order valence-electron chi connectivity index (χ3n) is 2.93. The second-order valence-electron chi connectivity index (χ2n) is 4.54. The van der Waals surface area contributed by atoms with Gasteiger partial charge in [0.15, 0.2) is 0 Å². The summed E-state index contributed by atoms with van der Waals surface area (Å²) < 4.78 is 5.39. The minimum absolute atomic E-state index is 0.0149. The van der Waals surface area contributed by atoms with Gasteiger partial charge in [0, 0.05) is 6.42 Å². The van der Waals surface area contributed by atoms with Crippen molar-refractivity contribution in [1.29, 1.82) is 0 Å². The Labute approximate surface area is 115 Å². The Hall–Kier alpha value is -1.55. The first kappa shape index (κ1) is 15.5. The van der Waals surface area contributed by atoms with Gasteiger partial charge >= 0.3 is 0 Å². The van der Waals surface area contributed by atoms with E-state index in [1.807, 2.05) is 38.1 Å². The molecule has 1 atom stereocenters. The summed E-state index contributed by atoms with van der Waals surface area (Å²) in [7, 11) is 0. The van der Waals surface area contributed by atoms with Gasteiger partial charge in [-0.05, 0) is 50.9 Å². The number of nitrogens with two attached hydrogens (primary N) is 1. The predicted octanol–water partition coefficient (Wildman–Crippen LogP) is 2.39. The summed E-state index contributed by atoms with van der Waals surface area (Å²) in [6.07, 6.45) is 2.28. The SMILES string of the molecule is CCOc1ccc(C(C)NC(=O)CCCCN)cc1. The van der Waals surface area contributed by atoms with Gasteiger partial charge < -0.3 is 15.8 Å². The lowest BCUT2D eigenvalue weighted by molar-refractivity contribution is -0.121. The van der Waals surface area contributed by atoms with E-state index in [0.29, 0.717) is 19.6 Å². The maximum absolute atomic E-state index is 11.7. The lowest BCUT2D eigenvalue weighted by Crippen LogP contribution is -2.26. The highest BCUT2D eigenvalue weighted by molar-refractivity contribution is 5.76. The lowest BCUT2D eigenvalue weighted by Gasteiger charge is -2.15. The molecular formula is C15H24N2O2. The summed E-state index contributed by atoms with van der Waals surface area (Å²) >= 11 is 0. The molecule has 19 heavy (non-hydrogen) atoms. The standard InChI is InChI=1S/C15H24N2O2/c1-3-19-14-9-7-13(8-10-14)12(2)17-15(18)6-4-5-11-16/h7-10,12H,3-6,11,16H2,1-2H3,(H,17,18). The van der Waals surface area contributed by atoms with E-state index < -0.39 is 0 Å². The Morgan fingerprint density at radius 1 is 1.32 bits per heavy atom. The second-order valence-corrected chi connectivity index (χ2v) is 4.54. The van der Waals surface area contributed by atoms with Crippen LogP contribution in [0.5, 0.6) is 5.75 Å². The van der Waals surface area contributed by atoms with E-state index in [4.69, 9.17) is 10.5 Å². The molecule has 3 N–H and O–H groups in total. The van der Waals surface area contributed by atoms with Crippen molar-refractivity contribution in [1.82, 2.24) is 5.32 Å². The van der Waals surface area contributed by atoms with Crippen molar-refractivity contribution in [3.8, 4) is 5.75 Å². The number of unbranched alkanes of at least 4 members (excludes halogenated alkanes) is 1. The third kappa shape index (κ3) is 5.75. The van der Waals surface area contributed by atoms with Crippen LogP contribution in [0.25, 0.3) is 0 Å². The van der Waals surface area contributed by atoms with Gasteiger partial charge in [0.05, 0.1) is 12.6 Å². The molecule has 1 aromatic rings. The molecule has 0 spiro atoms. The van der Waals surface area contributed by atoms with Crippen LogP contribution in [0.1, 0.15) is 44.7 Å². The Balaban J connectivity index is 2.43. The maximum atomic E-state index is 11.7. The number of ether oxygens (including phenoxy) is 1. The molecule has 1 amide bonds. The molecule has 0 radical (unpaired) electrons. The first-order valence-electron chi connectivity index (χ1n) is 6.89. The number of benzene rings is 1. The van der Waals surface area contributed by atoms with Crippen LogP contribution < -0.4 is 15.8 Å². The Kier molecular flexibility index (Phi) is 6.97. The molecule has 1 aromatic carbocycles. The van der Waals surface area contributed by atoms with E-state index in [9.17, 15) is 4.79 Å². The van der Waals surface area contributed by atoms with Crippen LogP contribution in [0, 0.1) is 0 Å². The quantitative estimate of drug-likeness (QED) is 0.709. The highest BCUT2D eigenvalue weighted by Crippen LogP contribution is 2.17. The van der Waals surface area contributed by atoms with Crippen molar-refractivity contribution >= 4 is 5.91 Å². The Bertz CT molecular complexity index is 376. The van der Waals surface area contributed by atoms with Crippen molar-refractivity contribution in [3.63, 3.8) is 0 Å². The van der Waals surface area contributed by atoms with E-state index >= 15 is 0 Å². The molecular weight excluding hydrogens is 240 g/mol. The Morgan fingerprint density at radius 3 is 2.58 bits per heavy atom. The van der Waals surface area contributed by atoms with Gasteiger partial charge in [0.25, 0.3) is 0 Å². The summed E-state index contributed by atoms with van der Waals surface area (Å²) in [5.41, 5.74) is 6.48. The van der Waals surface area contributed by atoms with Crippen molar-refractivity contribution in [3.05, 3.63) is 29.8 Å². The summed E-state index contributed by atoms with van der Waals surface area (Å²) in [6.45, 7) is 5.24. The second kappa shape index (κ2) is 8.53. The number of carbonyl (C=O) groups is 1. The molecule has 0 aliphatic heterocycles. The minimum Gasteiger partial charge on any atom is -0.494 e. The average molecular weight is 264 g/mol. The molecule has 0 heterocycles. The van der Waals surface area contributed by atoms with Crippen LogP contribution in [-0.2, 0) is 4.79 Å². The van der Waals surface area contributed by atoms with Crippen molar-refractivity contribution in [2.75, 3.05) is 13.2 Å². The fraction of sp³-hybridized carbons (Fsp3) is 0.533. The zero-order valence-corrected chi connectivity index (χ0v) is 11.8. The third-order valence-corrected chi connectivity index (χ3v) is 2.93. The molecule has 0 aliphatic rings. The molecule has 0 saturated heterocycles. The first-order chi connectivity index (χ1) is 9.17. The summed E-state index contributed by atoms with van der Waals surface area (Å²) in [5.74, 6) is 0.933. The zero-order chi connectivity index (χ0) is 14.1. The van der Waals surface area contributed by atoms with Gasteiger partial charge in [-0.2, -0.15) is 0 Å². The Morgan fingerprint density at radius 2 is 2.00 bits per heavy atom. The van der Waals surface area contributed by atoms with Gasteiger partial charge in [-0.15, -0.1) is 0 Å². The number of hydrogen-bond donors (Lipinski definition) is 2. The van der Waals surface area contributed by atoms with Crippen LogP contribution in [0.3, 0.4) is 0 Å². The molecule has 0 aliphatic carbocycles. The molecule has 1 rings (SSSR count). The molecule has 4 heteroatoms. The van der Waals surface area contributed by atoms with E-state index in [2.05, 4.69) is 5.32 Å². The summed E-state index contributed by atoms with van der Waals surface area (Å²) in [6, 6.07) is 7.83. The fourth-order valence-electron chi connectivity index (χ4n) is 1.85. The first-order valence-corrected chi connectivity index (χ1v) is 6.89. The number of nitrogens with one attached hydrogen (secondary N) is 1. The normalized spacial score (nSPS) is 11.9. The maximum Gasteiger partial charge on any atom is 0.220 e. The van der Waals surface area contributed by atoms with Crippen molar-refractivity contribution < 1.29 is 9.53 Å². The van der Waals surface area contributed by atoms with Gasteiger partial charge in [-0.1, -0.05) is 12.1 Å². The number of carbonyl (C=O) groups excluding carboxylic acids is 1. The van der Waals surface area contributed by atoms with Crippen LogP contribution in [0.15, 0.2) is 24.3 Å². The fourth-order valence-corrected chi connectivity index (χ4v) is 1.85. The smallest absolute Gasteiger partial charge is 0.220 e. The monoisotopic (exact) mass is 264 g/mol. The highest BCUT2D eigenvalue weighted by atomic mass is 16.5. The molecule has 4 nitrogen and oxygen atoms in total. The molecule has 0 aromatic heterocycles. The largest absolute Gasteiger partial charge is 0.494 e. The van der Waals surface area contributed by atoms with Crippen molar-refractivity contribution in [2.45, 2.75) is 39.2 Å². The molecule has 0 fully saturated rings. The number of rotatable bonds is 8. The van der Waals surface area contributed by atoms with Gasteiger partial charge in [0.1, 0.15) is 5.75 Å². The van der Waals surface area contributed by atoms with Gasteiger partial charge in [0.2, 0.25) is 5.91 Å². The predicted molar refractivity (Wildman–Crippen MR) is 77.1 cm³/mol. The van der Waals surface area contributed by atoms with Crippen molar-refractivity contribution in [2.24, 2.45) is 5.73 Å². The van der Waals surface area contributed by atoms with Crippen LogP contribution in [0.4, 0.5) is 0 Å². The highest BCUT2D eigenvalue weighted by Gasteiger charge is 2.09. The van der Waals surface area contributed by atoms with E-state index in [1.54, 1.807) is 0 Å². The van der Waals surface area contributed by atoms with E-state index in [0.717, 1.165) is 24.2 Å². The topological polar surface area (TPSA) is 64.3 Å².